The van der Waals surface area contributed by atoms with E-state index >= 15 is 0 Å². The van der Waals surface area contributed by atoms with Crippen molar-refractivity contribution in [2.24, 2.45) is 5.73 Å². The highest BCUT2D eigenvalue weighted by Crippen LogP contribution is 2.11. The monoisotopic (exact) mass is 224 g/mol. The second kappa shape index (κ2) is 7.00. The zero-order valence-electron chi connectivity index (χ0n) is 9.94. The molecule has 90 valence electrons. The van der Waals surface area contributed by atoms with Crippen molar-refractivity contribution < 1.29 is 4.74 Å². The van der Waals surface area contributed by atoms with Crippen molar-refractivity contribution >= 4 is 5.82 Å². The molecule has 0 aliphatic rings. The summed E-state index contributed by atoms with van der Waals surface area (Å²) >= 11 is 0. The third kappa shape index (κ3) is 4.02. The van der Waals surface area contributed by atoms with E-state index in [9.17, 15) is 0 Å². The van der Waals surface area contributed by atoms with E-state index in [1.807, 2.05) is 0 Å². The molecular weight excluding hydrogens is 204 g/mol. The summed E-state index contributed by atoms with van der Waals surface area (Å²) in [5, 5.41) is 3.26. The molecule has 1 aromatic heterocycles. The first kappa shape index (κ1) is 12.7. The number of ether oxygens (including phenoxy) is 1. The van der Waals surface area contributed by atoms with Crippen LogP contribution < -0.4 is 15.8 Å². The number of anilines is 1. The lowest BCUT2D eigenvalue weighted by Crippen LogP contribution is -2.29. The molecule has 5 heteroatoms. The van der Waals surface area contributed by atoms with Crippen LogP contribution in [0.5, 0.6) is 5.88 Å². The van der Waals surface area contributed by atoms with E-state index in [0.717, 1.165) is 12.8 Å². The summed E-state index contributed by atoms with van der Waals surface area (Å²) in [5.41, 5.74) is 5.69. The largest absolute Gasteiger partial charge is 0.480 e. The zero-order valence-corrected chi connectivity index (χ0v) is 9.94. The quantitative estimate of drug-likeness (QED) is 0.732. The summed E-state index contributed by atoms with van der Waals surface area (Å²) in [4.78, 5) is 8.27. The van der Waals surface area contributed by atoms with Crippen molar-refractivity contribution in [2.45, 2.75) is 32.2 Å². The average molecular weight is 224 g/mol. The van der Waals surface area contributed by atoms with E-state index in [4.69, 9.17) is 10.5 Å². The lowest BCUT2D eigenvalue weighted by atomic mass is 10.1. The van der Waals surface area contributed by atoms with Gasteiger partial charge < -0.3 is 15.8 Å². The highest BCUT2D eigenvalue weighted by molar-refractivity contribution is 5.34. The Hall–Kier alpha value is -1.36. The maximum Gasteiger partial charge on any atom is 0.233 e. The average Bonchev–Trinajstić information content (AvgIpc) is 2.34. The number of unbranched alkanes of at least 4 members (excludes halogenated alkanes) is 1. The fourth-order valence-corrected chi connectivity index (χ4v) is 1.42. The molecule has 0 fully saturated rings. The van der Waals surface area contributed by atoms with Crippen LogP contribution in [-0.2, 0) is 0 Å². The number of hydrogen-bond acceptors (Lipinski definition) is 5. The molecule has 1 unspecified atom stereocenters. The Kier molecular flexibility index (Phi) is 5.56. The maximum absolute atomic E-state index is 5.69. The number of rotatable bonds is 7. The number of nitrogens with two attached hydrogens (primary N) is 1. The van der Waals surface area contributed by atoms with E-state index in [0.29, 0.717) is 18.2 Å². The maximum atomic E-state index is 5.69. The Morgan fingerprint density at radius 2 is 2.31 bits per heavy atom. The molecule has 0 spiro atoms. The molecule has 3 N–H and O–H groups in total. The lowest BCUT2D eigenvalue weighted by Gasteiger charge is -2.16. The van der Waals surface area contributed by atoms with Crippen molar-refractivity contribution in [3.05, 3.63) is 12.4 Å². The Bertz CT molecular complexity index is 306. The van der Waals surface area contributed by atoms with Gasteiger partial charge in [0.1, 0.15) is 5.82 Å². The number of nitrogens with one attached hydrogen (secondary N) is 1. The minimum Gasteiger partial charge on any atom is -0.480 e. The highest BCUT2D eigenvalue weighted by atomic mass is 16.5. The van der Waals surface area contributed by atoms with Gasteiger partial charge in [-0.1, -0.05) is 19.8 Å². The van der Waals surface area contributed by atoms with Crippen molar-refractivity contribution in [1.82, 2.24) is 9.97 Å². The fourth-order valence-electron chi connectivity index (χ4n) is 1.42. The Morgan fingerprint density at radius 1 is 1.50 bits per heavy atom. The summed E-state index contributed by atoms with van der Waals surface area (Å²) in [7, 11) is 1.57. The SMILES string of the molecule is CCCCC(CN)Nc1cncc(OC)n1. The molecule has 0 saturated carbocycles. The van der Waals surface area contributed by atoms with Crippen LogP contribution in [0.2, 0.25) is 0 Å². The van der Waals surface area contributed by atoms with E-state index in [2.05, 4.69) is 22.2 Å². The molecule has 0 radical (unpaired) electrons. The molecule has 0 aliphatic heterocycles. The molecule has 0 aliphatic carbocycles. The normalized spacial score (nSPS) is 12.2. The van der Waals surface area contributed by atoms with Gasteiger partial charge in [-0.2, -0.15) is 4.98 Å². The summed E-state index contributed by atoms with van der Waals surface area (Å²) in [6.07, 6.45) is 6.63. The summed E-state index contributed by atoms with van der Waals surface area (Å²) < 4.78 is 5.01. The second-order valence-corrected chi connectivity index (χ2v) is 3.67. The molecule has 1 aromatic rings. The standard InChI is InChI=1S/C11H20N4O/c1-3-4-5-9(6-12)14-10-7-13-8-11(15-10)16-2/h7-9H,3-6,12H2,1-2H3,(H,14,15). The molecule has 16 heavy (non-hydrogen) atoms. The van der Waals surface area contributed by atoms with Crippen molar-refractivity contribution in [2.75, 3.05) is 19.0 Å². The van der Waals surface area contributed by atoms with Gasteiger partial charge in [-0.3, -0.25) is 4.98 Å². The molecule has 0 saturated heterocycles. The first-order chi connectivity index (χ1) is 7.80. The van der Waals surface area contributed by atoms with Crippen LogP contribution in [0.25, 0.3) is 0 Å². The zero-order chi connectivity index (χ0) is 11.8. The van der Waals surface area contributed by atoms with E-state index in [1.54, 1.807) is 19.5 Å². The fraction of sp³-hybridized carbons (Fsp3) is 0.636. The number of hydrogen-bond donors (Lipinski definition) is 2. The first-order valence-electron chi connectivity index (χ1n) is 5.62. The highest BCUT2D eigenvalue weighted by Gasteiger charge is 2.07. The van der Waals surface area contributed by atoms with Gasteiger partial charge in [0.05, 0.1) is 19.5 Å². The molecular formula is C11H20N4O. The molecule has 1 atom stereocenters. The van der Waals surface area contributed by atoms with Crippen LogP contribution in [0.15, 0.2) is 12.4 Å². The van der Waals surface area contributed by atoms with Crippen molar-refractivity contribution in [1.29, 1.82) is 0 Å². The number of aromatic nitrogens is 2. The molecule has 0 amide bonds. The van der Waals surface area contributed by atoms with Crippen LogP contribution >= 0.6 is 0 Å². The predicted octanol–water partition coefficient (Wildman–Crippen LogP) is 1.41. The minimum absolute atomic E-state index is 0.251. The molecule has 1 heterocycles. The lowest BCUT2D eigenvalue weighted by molar-refractivity contribution is 0.396. The smallest absolute Gasteiger partial charge is 0.233 e. The second-order valence-electron chi connectivity index (χ2n) is 3.67. The Balaban J connectivity index is 2.55. The summed E-state index contributed by atoms with van der Waals surface area (Å²) in [6, 6.07) is 0.251. The van der Waals surface area contributed by atoms with Gasteiger partial charge in [0.2, 0.25) is 5.88 Å². The van der Waals surface area contributed by atoms with Crippen LogP contribution in [0, 0.1) is 0 Å². The number of nitrogens with zero attached hydrogens (tertiary/aromatic N) is 2. The van der Waals surface area contributed by atoms with Gasteiger partial charge in [-0.15, -0.1) is 0 Å². The van der Waals surface area contributed by atoms with Gasteiger partial charge in [-0.05, 0) is 6.42 Å². The minimum atomic E-state index is 0.251. The van der Waals surface area contributed by atoms with E-state index in [-0.39, 0.29) is 6.04 Å². The van der Waals surface area contributed by atoms with E-state index in [1.165, 1.54) is 6.42 Å². The topological polar surface area (TPSA) is 73.1 Å². The van der Waals surface area contributed by atoms with Crippen LogP contribution in [-0.4, -0.2) is 29.7 Å². The van der Waals surface area contributed by atoms with Gasteiger partial charge in [-0.25, -0.2) is 0 Å². The van der Waals surface area contributed by atoms with Crippen LogP contribution in [0.1, 0.15) is 26.2 Å². The third-order valence-electron chi connectivity index (χ3n) is 2.36. The van der Waals surface area contributed by atoms with Crippen LogP contribution in [0.4, 0.5) is 5.82 Å². The van der Waals surface area contributed by atoms with Gasteiger partial charge >= 0.3 is 0 Å². The molecule has 0 bridgehead atoms. The van der Waals surface area contributed by atoms with Crippen molar-refractivity contribution in [3.8, 4) is 5.88 Å². The molecule has 5 nitrogen and oxygen atoms in total. The molecule has 1 rings (SSSR count). The third-order valence-corrected chi connectivity index (χ3v) is 2.36. The first-order valence-corrected chi connectivity index (χ1v) is 5.62. The van der Waals surface area contributed by atoms with Crippen LogP contribution in [0.3, 0.4) is 0 Å². The Labute approximate surface area is 96.4 Å². The van der Waals surface area contributed by atoms with E-state index < -0.39 is 0 Å². The number of methoxy groups -OCH3 is 1. The van der Waals surface area contributed by atoms with Gasteiger partial charge in [0.25, 0.3) is 0 Å². The predicted molar refractivity (Wildman–Crippen MR) is 64.6 cm³/mol. The molecule has 0 aromatic carbocycles. The van der Waals surface area contributed by atoms with Gasteiger partial charge in [0, 0.05) is 12.6 Å². The van der Waals surface area contributed by atoms with Gasteiger partial charge in [0.15, 0.2) is 0 Å². The van der Waals surface area contributed by atoms with Crippen molar-refractivity contribution in [3.63, 3.8) is 0 Å². The summed E-state index contributed by atoms with van der Waals surface area (Å²) in [5.74, 6) is 1.22. The summed E-state index contributed by atoms with van der Waals surface area (Å²) in [6.45, 7) is 2.76. The Morgan fingerprint density at radius 3 is 2.94 bits per heavy atom.